The molecule has 0 radical (unpaired) electrons. The topological polar surface area (TPSA) is 98.6 Å². The van der Waals surface area contributed by atoms with Crippen LogP contribution >= 0.6 is 22.7 Å². The Morgan fingerprint density at radius 3 is 2.95 bits per heavy atom. The van der Waals surface area contributed by atoms with Crippen molar-refractivity contribution in [1.82, 2.24) is 9.97 Å². The van der Waals surface area contributed by atoms with Gasteiger partial charge in [-0.3, -0.25) is 9.71 Å². The molecule has 9 heteroatoms. The molecule has 2 N–H and O–H groups in total. The van der Waals surface area contributed by atoms with Crippen molar-refractivity contribution < 1.29 is 8.42 Å². The van der Waals surface area contributed by atoms with Crippen molar-refractivity contribution in [2.45, 2.75) is 4.21 Å². The number of anilines is 1. The second-order valence-electron chi connectivity index (χ2n) is 3.59. The quantitative estimate of drug-likeness (QED) is 0.775. The van der Waals surface area contributed by atoms with Crippen LogP contribution in [0.2, 0.25) is 0 Å². The molecule has 0 aliphatic rings. The number of sulfonamides is 1. The number of aromatic nitrogens is 2. The number of thiophene rings is 1. The molecule has 3 aromatic rings. The molecule has 0 fully saturated rings. The fourth-order valence-electron chi connectivity index (χ4n) is 1.60. The van der Waals surface area contributed by atoms with Crippen molar-refractivity contribution in [3.8, 4) is 6.07 Å². The van der Waals surface area contributed by atoms with Crippen LogP contribution in [0.1, 0.15) is 5.56 Å². The van der Waals surface area contributed by atoms with E-state index in [4.69, 9.17) is 5.26 Å². The summed E-state index contributed by atoms with van der Waals surface area (Å²) >= 11 is 2.36. The van der Waals surface area contributed by atoms with Crippen molar-refractivity contribution >= 4 is 48.6 Å². The molecule has 3 heterocycles. The number of fused-ring (bicyclic) bond motifs is 1. The normalized spacial score (nSPS) is 11.5. The molecule has 0 unspecified atom stereocenters. The molecule has 6 nitrogen and oxygen atoms in total. The Labute approximate surface area is 116 Å². The van der Waals surface area contributed by atoms with Gasteiger partial charge in [0.1, 0.15) is 6.07 Å². The van der Waals surface area contributed by atoms with Crippen LogP contribution in [0.25, 0.3) is 10.2 Å². The number of hydrogen-bond donors (Lipinski definition) is 2. The van der Waals surface area contributed by atoms with Crippen LogP contribution in [0, 0.1) is 11.3 Å². The van der Waals surface area contributed by atoms with E-state index in [0.717, 1.165) is 16.0 Å². The van der Waals surface area contributed by atoms with Crippen molar-refractivity contribution in [1.29, 1.82) is 5.26 Å². The first-order valence-corrected chi connectivity index (χ1v) is 8.26. The second kappa shape index (κ2) is 4.34. The van der Waals surface area contributed by atoms with Gasteiger partial charge in [0.25, 0.3) is 10.0 Å². The van der Waals surface area contributed by atoms with Gasteiger partial charge in [-0.1, -0.05) is 0 Å². The van der Waals surface area contributed by atoms with E-state index in [0.29, 0.717) is 16.8 Å². The molecule has 96 valence electrons. The summed E-state index contributed by atoms with van der Waals surface area (Å²) in [6.45, 7) is 0. The first-order valence-electron chi connectivity index (χ1n) is 5.02. The van der Waals surface area contributed by atoms with Crippen molar-refractivity contribution in [3.63, 3.8) is 0 Å². The van der Waals surface area contributed by atoms with Gasteiger partial charge in [0.2, 0.25) is 0 Å². The maximum Gasteiger partial charge on any atom is 0.273 e. The third-order valence-corrected chi connectivity index (χ3v) is 6.08. The molecular formula is C10H6N4O2S3. The second-order valence-corrected chi connectivity index (χ2v) is 7.27. The van der Waals surface area contributed by atoms with E-state index in [2.05, 4.69) is 14.7 Å². The number of nitrogens with one attached hydrogen (secondary N) is 2. The monoisotopic (exact) mass is 310 g/mol. The van der Waals surface area contributed by atoms with Crippen LogP contribution < -0.4 is 4.72 Å². The molecule has 0 amide bonds. The van der Waals surface area contributed by atoms with Crippen molar-refractivity contribution in [3.05, 3.63) is 28.8 Å². The molecule has 0 aliphatic heterocycles. The van der Waals surface area contributed by atoms with Gasteiger partial charge in [-0.2, -0.15) is 5.26 Å². The zero-order valence-electron chi connectivity index (χ0n) is 9.25. The van der Waals surface area contributed by atoms with Gasteiger partial charge in [0, 0.05) is 11.6 Å². The van der Waals surface area contributed by atoms with Gasteiger partial charge in [0.15, 0.2) is 4.21 Å². The van der Waals surface area contributed by atoms with Crippen molar-refractivity contribution in [2.75, 3.05) is 4.72 Å². The standard InChI is InChI=1S/C10H6N4O2S3/c11-1-6-2-13-9-7(4-17-10(6)9)14-19(15,16)8-3-12-5-18-8/h2-5,13-14H. The molecule has 0 saturated heterocycles. The molecule has 0 saturated carbocycles. The first kappa shape index (κ1) is 12.2. The molecule has 0 aromatic carbocycles. The Hall–Kier alpha value is -1.89. The van der Waals surface area contributed by atoms with Crippen LogP contribution in [0.3, 0.4) is 0 Å². The SMILES string of the molecule is N#Cc1c[nH]c2c(NS(=O)(=O)c3cncs3)csc12. The van der Waals surface area contributed by atoms with Gasteiger partial charge in [-0.05, 0) is 0 Å². The number of thiazole rings is 1. The minimum atomic E-state index is -3.62. The van der Waals surface area contributed by atoms with Crippen LogP contribution in [-0.2, 0) is 10.0 Å². The van der Waals surface area contributed by atoms with E-state index in [1.807, 2.05) is 6.07 Å². The number of aromatic amines is 1. The molecule has 0 spiro atoms. The lowest BCUT2D eigenvalue weighted by atomic mass is 10.3. The van der Waals surface area contributed by atoms with E-state index >= 15 is 0 Å². The molecule has 0 aliphatic carbocycles. The van der Waals surface area contributed by atoms with Gasteiger partial charge < -0.3 is 4.98 Å². The molecule has 3 rings (SSSR count). The Balaban J connectivity index is 2.03. The molecular weight excluding hydrogens is 304 g/mol. The molecule has 19 heavy (non-hydrogen) atoms. The third-order valence-electron chi connectivity index (χ3n) is 2.44. The predicted octanol–water partition coefficient (Wildman–Crippen LogP) is 2.36. The summed E-state index contributed by atoms with van der Waals surface area (Å²) in [7, 11) is -3.62. The van der Waals surface area contributed by atoms with E-state index < -0.39 is 10.0 Å². The smallest absolute Gasteiger partial charge is 0.273 e. The lowest BCUT2D eigenvalue weighted by Gasteiger charge is -2.02. The first-order chi connectivity index (χ1) is 9.12. The van der Waals surface area contributed by atoms with E-state index in [1.54, 1.807) is 11.6 Å². The highest BCUT2D eigenvalue weighted by Crippen LogP contribution is 2.33. The minimum absolute atomic E-state index is 0.152. The van der Waals surface area contributed by atoms with Gasteiger partial charge >= 0.3 is 0 Å². The number of nitriles is 1. The van der Waals surface area contributed by atoms with Crippen molar-refractivity contribution in [2.24, 2.45) is 0 Å². The molecule has 3 aromatic heterocycles. The number of nitrogens with zero attached hydrogens (tertiary/aromatic N) is 2. The Morgan fingerprint density at radius 1 is 1.42 bits per heavy atom. The Kier molecular flexibility index (Phi) is 2.78. The number of hydrogen-bond acceptors (Lipinski definition) is 6. The number of rotatable bonds is 3. The van der Waals surface area contributed by atoms with Gasteiger partial charge in [-0.15, -0.1) is 22.7 Å². The fraction of sp³-hybridized carbons (Fsp3) is 0. The fourth-order valence-corrected chi connectivity index (χ4v) is 4.46. The highest BCUT2D eigenvalue weighted by Gasteiger charge is 2.19. The predicted molar refractivity (Wildman–Crippen MR) is 73.8 cm³/mol. The summed E-state index contributed by atoms with van der Waals surface area (Å²) in [5, 5.41) is 10.6. The van der Waals surface area contributed by atoms with Crippen LogP contribution in [0.5, 0.6) is 0 Å². The van der Waals surface area contributed by atoms with Crippen LogP contribution in [-0.4, -0.2) is 18.4 Å². The largest absolute Gasteiger partial charge is 0.357 e. The summed E-state index contributed by atoms with van der Waals surface area (Å²) in [5.41, 5.74) is 3.02. The van der Waals surface area contributed by atoms with E-state index in [9.17, 15) is 8.42 Å². The maximum atomic E-state index is 12.1. The lowest BCUT2D eigenvalue weighted by molar-refractivity contribution is 0.603. The van der Waals surface area contributed by atoms with E-state index in [1.165, 1.54) is 23.0 Å². The maximum absolute atomic E-state index is 12.1. The summed E-state index contributed by atoms with van der Waals surface area (Å²) in [6.07, 6.45) is 2.86. The van der Waals surface area contributed by atoms with Gasteiger partial charge in [-0.25, -0.2) is 8.42 Å². The summed E-state index contributed by atoms with van der Waals surface area (Å²) in [5.74, 6) is 0. The Morgan fingerprint density at radius 2 is 2.26 bits per heavy atom. The zero-order chi connectivity index (χ0) is 13.5. The lowest BCUT2D eigenvalue weighted by Crippen LogP contribution is -2.11. The average molecular weight is 310 g/mol. The molecule has 0 atom stereocenters. The number of H-pyrrole nitrogens is 1. The summed E-state index contributed by atoms with van der Waals surface area (Å²) in [4.78, 5) is 6.65. The van der Waals surface area contributed by atoms with E-state index in [-0.39, 0.29) is 4.21 Å². The third kappa shape index (κ3) is 1.99. The summed E-state index contributed by atoms with van der Waals surface area (Å²) in [6, 6.07) is 2.05. The summed E-state index contributed by atoms with van der Waals surface area (Å²) < 4.78 is 27.5. The zero-order valence-corrected chi connectivity index (χ0v) is 11.7. The van der Waals surface area contributed by atoms with Crippen LogP contribution in [0.4, 0.5) is 5.69 Å². The highest BCUT2D eigenvalue weighted by atomic mass is 32.2. The molecule has 0 bridgehead atoms. The minimum Gasteiger partial charge on any atom is -0.357 e. The average Bonchev–Trinajstić information content (AvgIpc) is 3.05. The Bertz CT molecular complexity index is 868. The van der Waals surface area contributed by atoms with Crippen LogP contribution in [0.15, 0.2) is 27.5 Å². The highest BCUT2D eigenvalue weighted by molar-refractivity contribution is 7.94. The van der Waals surface area contributed by atoms with Gasteiger partial charge in [0.05, 0.1) is 33.2 Å².